The molecule has 3 rings (SSSR count). The third-order valence-electron chi connectivity index (χ3n) is 6.51. The standard InChI is InChI=1S/C30H35BrClN3O4S/c1-4-5-17-33-30(37)28(19-23-11-7-6-8-12-23)34(20-24-13-9-10-14-27(24)32)29(36)21-35(40(3,38)39)25-15-16-26(31)22(2)18-25/h6-16,18,28H,4-5,17,19-21H2,1-3H3,(H,33,37). The Hall–Kier alpha value is -2.88. The van der Waals surface area contributed by atoms with E-state index in [0.29, 0.717) is 22.8 Å². The number of benzene rings is 3. The SMILES string of the molecule is CCCCNC(=O)C(Cc1ccccc1)N(Cc1ccccc1Cl)C(=O)CN(c1ccc(Br)c(C)c1)S(C)(=O)=O. The van der Waals surface area contributed by atoms with Crippen LogP contribution in [0.1, 0.15) is 36.5 Å². The van der Waals surface area contributed by atoms with Gasteiger partial charge < -0.3 is 10.2 Å². The van der Waals surface area contributed by atoms with E-state index in [9.17, 15) is 18.0 Å². The second-order valence-electron chi connectivity index (χ2n) is 9.67. The fourth-order valence-corrected chi connectivity index (χ4v) is 5.55. The Labute approximate surface area is 250 Å². The predicted molar refractivity (Wildman–Crippen MR) is 165 cm³/mol. The Kier molecular flexibility index (Phi) is 11.6. The number of anilines is 1. The number of carbonyl (C=O) groups is 2. The van der Waals surface area contributed by atoms with Gasteiger partial charge in [-0.25, -0.2) is 8.42 Å². The lowest BCUT2D eigenvalue weighted by molar-refractivity contribution is -0.140. The number of carbonyl (C=O) groups excluding carboxylic acids is 2. The summed E-state index contributed by atoms with van der Waals surface area (Å²) in [6.07, 6.45) is 3.02. The van der Waals surface area contributed by atoms with Gasteiger partial charge in [0.05, 0.1) is 11.9 Å². The lowest BCUT2D eigenvalue weighted by atomic mass is 10.0. The first-order chi connectivity index (χ1) is 19.0. The van der Waals surface area contributed by atoms with Crippen molar-refractivity contribution < 1.29 is 18.0 Å². The first kappa shape index (κ1) is 31.6. The molecule has 0 spiro atoms. The number of aryl methyl sites for hydroxylation is 1. The molecule has 0 saturated carbocycles. The van der Waals surface area contributed by atoms with E-state index in [-0.39, 0.29) is 18.9 Å². The minimum absolute atomic E-state index is 0.0359. The van der Waals surface area contributed by atoms with Gasteiger partial charge in [0.1, 0.15) is 12.6 Å². The van der Waals surface area contributed by atoms with Crippen molar-refractivity contribution in [2.75, 3.05) is 23.7 Å². The van der Waals surface area contributed by atoms with Gasteiger partial charge in [0, 0.05) is 29.0 Å². The highest BCUT2D eigenvalue weighted by Crippen LogP contribution is 2.26. The van der Waals surface area contributed by atoms with Crippen LogP contribution in [0.3, 0.4) is 0 Å². The lowest BCUT2D eigenvalue weighted by Gasteiger charge is -2.33. The highest BCUT2D eigenvalue weighted by molar-refractivity contribution is 9.10. The van der Waals surface area contributed by atoms with Crippen molar-refractivity contribution in [3.8, 4) is 0 Å². The van der Waals surface area contributed by atoms with Crippen molar-refractivity contribution in [1.82, 2.24) is 10.2 Å². The molecule has 0 bridgehead atoms. The van der Waals surface area contributed by atoms with E-state index >= 15 is 0 Å². The van der Waals surface area contributed by atoms with Gasteiger partial charge in [-0.2, -0.15) is 0 Å². The maximum Gasteiger partial charge on any atom is 0.244 e. The van der Waals surface area contributed by atoms with Crippen LogP contribution >= 0.6 is 27.5 Å². The molecule has 10 heteroatoms. The summed E-state index contributed by atoms with van der Waals surface area (Å²) in [5.74, 6) is -0.819. The average molecular weight is 649 g/mol. The third kappa shape index (κ3) is 8.81. The molecule has 214 valence electrons. The van der Waals surface area contributed by atoms with Crippen molar-refractivity contribution in [3.63, 3.8) is 0 Å². The number of halogens is 2. The molecule has 7 nitrogen and oxygen atoms in total. The van der Waals surface area contributed by atoms with Crippen LogP contribution in [0, 0.1) is 6.92 Å². The molecular formula is C30H35BrClN3O4S. The highest BCUT2D eigenvalue weighted by atomic mass is 79.9. The summed E-state index contributed by atoms with van der Waals surface area (Å²) < 4.78 is 27.7. The Morgan fingerprint density at radius 3 is 2.33 bits per heavy atom. The maximum absolute atomic E-state index is 14.1. The molecule has 2 amide bonds. The largest absolute Gasteiger partial charge is 0.354 e. The average Bonchev–Trinajstić information content (AvgIpc) is 2.91. The Morgan fingerprint density at radius 2 is 1.70 bits per heavy atom. The number of amides is 2. The number of nitrogens with zero attached hydrogens (tertiary/aromatic N) is 2. The van der Waals surface area contributed by atoms with Crippen molar-refractivity contribution in [1.29, 1.82) is 0 Å². The minimum atomic E-state index is -3.84. The van der Waals surface area contributed by atoms with Crippen LogP contribution in [0.25, 0.3) is 0 Å². The molecule has 0 aliphatic carbocycles. The quantitative estimate of drug-likeness (QED) is 0.240. The van der Waals surface area contributed by atoms with Crippen LogP contribution in [0.4, 0.5) is 5.69 Å². The third-order valence-corrected chi connectivity index (χ3v) is 8.91. The normalized spacial score (nSPS) is 12.0. The molecule has 0 fully saturated rings. The summed E-state index contributed by atoms with van der Waals surface area (Å²) in [5.41, 5.74) is 2.71. The molecule has 1 atom stereocenters. The Balaban J connectivity index is 2.05. The molecule has 0 radical (unpaired) electrons. The van der Waals surface area contributed by atoms with Crippen molar-refractivity contribution in [3.05, 3.63) is 99.0 Å². The van der Waals surface area contributed by atoms with Crippen molar-refractivity contribution in [2.45, 2.75) is 45.7 Å². The minimum Gasteiger partial charge on any atom is -0.354 e. The molecule has 0 saturated heterocycles. The van der Waals surface area contributed by atoms with Crippen molar-refractivity contribution >= 4 is 55.1 Å². The molecule has 0 aromatic heterocycles. The molecule has 3 aromatic carbocycles. The highest BCUT2D eigenvalue weighted by Gasteiger charge is 2.33. The second kappa shape index (κ2) is 14.7. The Morgan fingerprint density at radius 1 is 1.02 bits per heavy atom. The number of hydrogen-bond donors (Lipinski definition) is 1. The monoisotopic (exact) mass is 647 g/mol. The summed E-state index contributed by atoms with van der Waals surface area (Å²) in [6, 6.07) is 20.8. The van der Waals surface area contributed by atoms with Gasteiger partial charge in [0.2, 0.25) is 21.8 Å². The van der Waals surface area contributed by atoms with E-state index < -0.39 is 28.5 Å². The number of rotatable bonds is 13. The zero-order chi connectivity index (χ0) is 29.3. The predicted octanol–water partition coefficient (Wildman–Crippen LogP) is 5.73. The zero-order valence-corrected chi connectivity index (χ0v) is 26.1. The molecule has 0 aliphatic heterocycles. The lowest BCUT2D eigenvalue weighted by Crippen LogP contribution is -2.53. The summed E-state index contributed by atoms with van der Waals surface area (Å²) in [4.78, 5) is 29.1. The molecule has 3 aromatic rings. The van der Waals surface area contributed by atoms with Gasteiger partial charge in [-0.05, 0) is 54.3 Å². The second-order valence-corrected chi connectivity index (χ2v) is 12.8. The van der Waals surface area contributed by atoms with Crippen LogP contribution in [-0.4, -0.2) is 50.5 Å². The van der Waals surface area contributed by atoms with E-state index in [1.165, 1.54) is 4.90 Å². The first-order valence-electron chi connectivity index (χ1n) is 13.1. The van der Waals surface area contributed by atoms with E-state index in [1.807, 2.05) is 50.2 Å². The molecule has 40 heavy (non-hydrogen) atoms. The summed E-state index contributed by atoms with van der Waals surface area (Å²) in [7, 11) is -3.84. The van der Waals surface area contributed by atoms with E-state index in [4.69, 9.17) is 11.6 Å². The van der Waals surface area contributed by atoms with Crippen LogP contribution < -0.4 is 9.62 Å². The van der Waals surface area contributed by atoms with Gasteiger partial charge in [0.25, 0.3) is 0 Å². The number of unbranched alkanes of at least 4 members (excludes halogenated alkanes) is 1. The zero-order valence-electron chi connectivity index (χ0n) is 22.9. The van der Waals surface area contributed by atoms with Gasteiger partial charge in [-0.1, -0.05) is 89.4 Å². The Bertz CT molecular complexity index is 1420. The summed E-state index contributed by atoms with van der Waals surface area (Å²) >= 11 is 9.92. The van der Waals surface area contributed by atoms with Gasteiger partial charge in [-0.15, -0.1) is 0 Å². The van der Waals surface area contributed by atoms with Gasteiger partial charge in [-0.3, -0.25) is 13.9 Å². The summed E-state index contributed by atoms with van der Waals surface area (Å²) in [5, 5.41) is 3.42. The van der Waals surface area contributed by atoms with Crippen LogP contribution in [0.2, 0.25) is 5.02 Å². The fraction of sp³-hybridized carbons (Fsp3) is 0.333. The summed E-state index contributed by atoms with van der Waals surface area (Å²) in [6.45, 7) is 3.91. The molecule has 0 aliphatic rings. The smallest absolute Gasteiger partial charge is 0.244 e. The fourth-order valence-electron chi connectivity index (χ4n) is 4.27. The molecule has 1 unspecified atom stereocenters. The van der Waals surface area contributed by atoms with Gasteiger partial charge in [0.15, 0.2) is 0 Å². The first-order valence-corrected chi connectivity index (χ1v) is 16.1. The molecular weight excluding hydrogens is 614 g/mol. The number of sulfonamides is 1. The molecule has 1 N–H and O–H groups in total. The van der Waals surface area contributed by atoms with E-state index in [0.717, 1.165) is 39.0 Å². The van der Waals surface area contributed by atoms with Crippen LogP contribution in [-0.2, 0) is 32.6 Å². The van der Waals surface area contributed by atoms with Crippen LogP contribution in [0.5, 0.6) is 0 Å². The van der Waals surface area contributed by atoms with Crippen molar-refractivity contribution in [2.24, 2.45) is 0 Å². The van der Waals surface area contributed by atoms with Crippen LogP contribution in [0.15, 0.2) is 77.3 Å². The van der Waals surface area contributed by atoms with Gasteiger partial charge >= 0.3 is 0 Å². The molecule has 0 heterocycles. The maximum atomic E-state index is 14.1. The number of nitrogens with one attached hydrogen (secondary N) is 1. The number of hydrogen-bond acceptors (Lipinski definition) is 4. The van der Waals surface area contributed by atoms with E-state index in [2.05, 4.69) is 21.2 Å². The topological polar surface area (TPSA) is 86.8 Å². The van der Waals surface area contributed by atoms with E-state index in [1.54, 1.807) is 36.4 Å².